The van der Waals surface area contributed by atoms with Gasteiger partial charge in [0, 0.05) is 30.9 Å². The Bertz CT molecular complexity index is 1350. The Hall–Kier alpha value is -3.41. The van der Waals surface area contributed by atoms with Crippen LogP contribution in [0.2, 0.25) is 0 Å². The molecule has 0 radical (unpaired) electrons. The van der Waals surface area contributed by atoms with E-state index in [0.717, 1.165) is 48.6 Å². The molecule has 0 N–H and O–H groups in total. The predicted molar refractivity (Wildman–Crippen MR) is 131 cm³/mol. The molecule has 6 nitrogen and oxygen atoms in total. The zero-order valence-electron chi connectivity index (χ0n) is 19.3. The normalized spacial score (nSPS) is 15.9. The standard InChI is InChI=1S/C27H30N4O2/c1-3-23(26(32)30-15-13-20(14-16-30)17-19-9-5-4-6-10-19)31-24-12-8-7-11-21(24)22-18-28-29(2)27(33)25(22)31/h4-12,18,20,23H,3,13-17H2,1-2H3/t23-/m0/s1. The molecule has 6 heteroatoms. The third-order valence-corrected chi connectivity index (χ3v) is 7.08. The van der Waals surface area contributed by atoms with E-state index in [9.17, 15) is 9.59 Å². The molecule has 0 saturated carbocycles. The molecule has 0 bridgehead atoms. The first kappa shape index (κ1) is 21.4. The smallest absolute Gasteiger partial charge is 0.291 e. The lowest BCUT2D eigenvalue weighted by Gasteiger charge is -2.35. The lowest BCUT2D eigenvalue weighted by molar-refractivity contribution is -0.136. The van der Waals surface area contributed by atoms with Gasteiger partial charge in [0.1, 0.15) is 11.6 Å². The van der Waals surface area contributed by atoms with Crippen molar-refractivity contribution in [2.75, 3.05) is 13.1 Å². The molecule has 2 aromatic heterocycles. The fraction of sp³-hybridized carbons (Fsp3) is 0.370. The number of hydrogen-bond acceptors (Lipinski definition) is 3. The molecule has 5 rings (SSSR count). The number of carbonyl (C=O) groups is 1. The molecule has 4 aromatic rings. The Morgan fingerprint density at radius 2 is 1.73 bits per heavy atom. The van der Waals surface area contributed by atoms with Gasteiger partial charge >= 0.3 is 0 Å². The van der Waals surface area contributed by atoms with Gasteiger partial charge in [-0.3, -0.25) is 9.59 Å². The summed E-state index contributed by atoms with van der Waals surface area (Å²) in [5.41, 5.74) is 2.67. The van der Waals surface area contributed by atoms with Crippen LogP contribution in [0.1, 0.15) is 37.8 Å². The summed E-state index contributed by atoms with van der Waals surface area (Å²) < 4.78 is 3.32. The van der Waals surface area contributed by atoms with Gasteiger partial charge in [0.25, 0.3) is 5.56 Å². The van der Waals surface area contributed by atoms with E-state index in [1.165, 1.54) is 10.2 Å². The van der Waals surface area contributed by atoms with E-state index in [0.29, 0.717) is 17.9 Å². The molecule has 0 aliphatic carbocycles. The van der Waals surface area contributed by atoms with Crippen LogP contribution in [0.5, 0.6) is 0 Å². The van der Waals surface area contributed by atoms with Gasteiger partial charge in [0.05, 0.1) is 11.7 Å². The molecule has 33 heavy (non-hydrogen) atoms. The zero-order valence-corrected chi connectivity index (χ0v) is 19.3. The second-order valence-corrected chi connectivity index (χ2v) is 9.11. The second-order valence-electron chi connectivity index (χ2n) is 9.11. The van der Waals surface area contributed by atoms with Crippen molar-refractivity contribution in [3.63, 3.8) is 0 Å². The largest absolute Gasteiger partial charge is 0.341 e. The van der Waals surface area contributed by atoms with Crippen molar-refractivity contribution in [1.82, 2.24) is 19.2 Å². The number of rotatable bonds is 5. The fourth-order valence-electron chi connectivity index (χ4n) is 5.30. The third-order valence-electron chi connectivity index (χ3n) is 7.08. The van der Waals surface area contributed by atoms with Gasteiger partial charge in [-0.25, -0.2) is 4.68 Å². The number of benzene rings is 2. The monoisotopic (exact) mass is 442 g/mol. The quantitative estimate of drug-likeness (QED) is 0.462. The van der Waals surface area contributed by atoms with Gasteiger partial charge in [0.2, 0.25) is 5.91 Å². The van der Waals surface area contributed by atoms with Crippen LogP contribution >= 0.6 is 0 Å². The van der Waals surface area contributed by atoms with Gasteiger partial charge < -0.3 is 9.47 Å². The molecular weight excluding hydrogens is 412 g/mol. The van der Waals surface area contributed by atoms with E-state index < -0.39 is 6.04 Å². The summed E-state index contributed by atoms with van der Waals surface area (Å²) in [6, 6.07) is 18.1. The highest BCUT2D eigenvalue weighted by molar-refractivity contribution is 6.08. The molecule has 3 heterocycles. The minimum absolute atomic E-state index is 0.108. The van der Waals surface area contributed by atoms with E-state index in [2.05, 4.69) is 29.4 Å². The maximum absolute atomic E-state index is 13.8. The first-order chi connectivity index (χ1) is 16.1. The molecule has 0 spiro atoms. The van der Waals surface area contributed by atoms with E-state index in [1.54, 1.807) is 13.2 Å². The van der Waals surface area contributed by atoms with Crippen LogP contribution in [0.15, 0.2) is 65.6 Å². The molecule has 2 aromatic carbocycles. The summed E-state index contributed by atoms with van der Waals surface area (Å²) in [6.45, 7) is 3.56. The van der Waals surface area contributed by atoms with E-state index in [-0.39, 0.29) is 11.5 Å². The number of fused-ring (bicyclic) bond motifs is 3. The van der Waals surface area contributed by atoms with Gasteiger partial charge in [-0.1, -0.05) is 55.5 Å². The van der Waals surface area contributed by atoms with Gasteiger partial charge in [-0.15, -0.1) is 0 Å². The number of para-hydroxylation sites is 1. The number of likely N-dealkylation sites (tertiary alicyclic amines) is 1. The van der Waals surface area contributed by atoms with Crippen molar-refractivity contribution in [3.05, 3.63) is 76.7 Å². The number of aromatic nitrogens is 3. The average molecular weight is 443 g/mol. The van der Waals surface area contributed by atoms with Crippen molar-refractivity contribution in [2.45, 2.75) is 38.6 Å². The maximum atomic E-state index is 13.8. The Morgan fingerprint density at radius 1 is 1.03 bits per heavy atom. The SMILES string of the molecule is CC[C@@H](C(=O)N1CCC(Cc2ccccc2)CC1)n1c2ccccc2c2cnn(C)c(=O)c21. The zero-order chi connectivity index (χ0) is 22.9. The third kappa shape index (κ3) is 3.84. The number of amides is 1. The molecule has 1 fully saturated rings. The van der Waals surface area contributed by atoms with Crippen LogP contribution in [0.25, 0.3) is 21.8 Å². The summed E-state index contributed by atoms with van der Waals surface area (Å²) in [4.78, 5) is 28.9. The van der Waals surface area contributed by atoms with E-state index in [1.807, 2.05) is 46.7 Å². The lowest BCUT2D eigenvalue weighted by atomic mass is 9.90. The van der Waals surface area contributed by atoms with Crippen LogP contribution < -0.4 is 5.56 Å². The van der Waals surface area contributed by atoms with Crippen molar-refractivity contribution in [2.24, 2.45) is 13.0 Å². The summed E-state index contributed by atoms with van der Waals surface area (Å²) >= 11 is 0. The highest BCUT2D eigenvalue weighted by atomic mass is 16.2. The van der Waals surface area contributed by atoms with Crippen LogP contribution in [0.3, 0.4) is 0 Å². The Labute approximate surface area is 193 Å². The van der Waals surface area contributed by atoms with Gasteiger partial charge in [-0.05, 0) is 43.2 Å². The van der Waals surface area contributed by atoms with E-state index >= 15 is 0 Å². The molecule has 1 saturated heterocycles. The number of aryl methyl sites for hydroxylation is 1. The molecule has 1 amide bonds. The lowest BCUT2D eigenvalue weighted by Crippen LogP contribution is -2.43. The summed E-state index contributed by atoms with van der Waals surface area (Å²) in [6.07, 6.45) is 5.45. The predicted octanol–water partition coefficient (Wildman–Crippen LogP) is 4.32. The highest BCUT2D eigenvalue weighted by Crippen LogP contribution is 2.32. The molecular formula is C27H30N4O2. The number of piperidine rings is 1. The Morgan fingerprint density at radius 3 is 2.45 bits per heavy atom. The molecule has 0 unspecified atom stereocenters. The van der Waals surface area contributed by atoms with Gasteiger partial charge in [-0.2, -0.15) is 5.10 Å². The number of carbonyl (C=O) groups excluding carboxylic acids is 1. The fourth-order valence-corrected chi connectivity index (χ4v) is 5.30. The molecule has 1 atom stereocenters. The van der Waals surface area contributed by atoms with Crippen LogP contribution in [0.4, 0.5) is 0 Å². The topological polar surface area (TPSA) is 60.1 Å². The second kappa shape index (κ2) is 8.85. The minimum Gasteiger partial charge on any atom is -0.341 e. The van der Waals surface area contributed by atoms with Crippen LogP contribution in [-0.2, 0) is 18.3 Å². The van der Waals surface area contributed by atoms with E-state index in [4.69, 9.17) is 0 Å². The molecule has 170 valence electrons. The highest BCUT2D eigenvalue weighted by Gasteiger charge is 2.31. The van der Waals surface area contributed by atoms with Crippen LogP contribution in [-0.4, -0.2) is 38.2 Å². The summed E-state index contributed by atoms with van der Waals surface area (Å²) in [5.74, 6) is 0.709. The summed E-state index contributed by atoms with van der Waals surface area (Å²) in [5, 5.41) is 6.00. The van der Waals surface area contributed by atoms with Crippen molar-refractivity contribution < 1.29 is 4.79 Å². The maximum Gasteiger partial charge on any atom is 0.291 e. The van der Waals surface area contributed by atoms with Crippen molar-refractivity contribution in [1.29, 1.82) is 0 Å². The Kier molecular flexibility index (Phi) is 5.75. The van der Waals surface area contributed by atoms with Crippen LogP contribution in [0, 0.1) is 5.92 Å². The molecule has 1 aliphatic rings. The first-order valence-corrected chi connectivity index (χ1v) is 11.9. The number of hydrogen-bond donors (Lipinski definition) is 0. The summed E-state index contributed by atoms with van der Waals surface area (Å²) in [7, 11) is 1.66. The first-order valence-electron chi connectivity index (χ1n) is 11.9. The molecule has 1 aliphatic heterocycles. The minimum atomic E-state index is -0.409. The average Bonchev–Trinajstić information content (AvgIpc) is 3.18. The number of nitrogens with zero attached hydrogens (tertiary/aromatic N) is 4. The van der Waals surface area contributed by atoms with Crippen molar-refractivity contribution >= 4 is 27.7 Å². The Balaban J connectivity index is 1.44. The van der Waals surface area contributed by atoms with Gasteiger partial charge in [0.15, 0.2) is 0 Å². The van der Waals surface area contributed by atoms with Crippen molar-refractivity contribution in [3.8, 4) is 0 Å².